The van der Waals surface area contributed by atoms with Gasteiger partial charge in [-0.3, -0.25) is 4.79 Å². The van der Waals surface area contributed by atoms with Crippen LogP contribution >= 0.6 is 23.4 Å². The first kappa shape index (κ1) is 12.4. The van der Waals surface area contributed by atoms with Crippen molar-refractivity contribution in [1.82, 2.24) is 4.90 Å². The van der Waals surface area contributed by atoms with Gasteiger partial charge in [-0.2, -0.15) is 0 Å². The summed E-state index contributed by atoms with van der Waals surface area (Å²) in [6, 6.07) is 5.52. The number of thioether (sulfide) groups is 1. The number of halogens is 1. The topological polar surface area (TPSA) is 20.3 Å². The van der Waals surface area contributed by atoms with Gasteiger partial charge in [-0.05, 0) is 31.4 Å². The van der Waals surface area contributed by atoms with E-state index in [0.717, 1.165) is 4.90 Å². The minimum atomic E-state index is -0.0293. The molecule has 1 rings (SSSR count). The Morgan fingerprint density at radius 3 is 2.73 bits per heavy atom. The van der Waals surface area contributed by atoms with Crippen molar-refractivity contribution < 1.29 is 4.79 Å². The molecule has 2 nitrogen and oxygen atoms in total. The maximum absolute atomic E-state index is 11.9. The van der Waals surface area contributed by atoms with Crippen LogP contribution in [-0.2, 0) is 0 Å². The van der Waals surface area contributed by atoms with Gasteiger partial charge in [0.05, 0.1) is 10.6 Å². The number of nitrogens with zero attached hydrogens (tertiary/aromatic N) is 1. The molecule has 0 unspecified atom stereocenters. The Labute approximate surface area is 99.6 Å². The number of benzene rings is 1. The van der Waals surface area contributed by atoms with Crippen LogP contribution < -0.4 is 0 Å². The maximum Gasteiger partial charge on any atom is 0.255 e. The third-order valence-electron chi connectivity index (χ3n) is 2.22. The summed E-state index contributed by atoms with van der Waals surface area (Å²) in [5, 5.41) is 0.512. The Morgan fingerprint density at radius 2 is 2.20 bits per heavy atom. The molecule has 82 valence electrons. The molecule has 0 fully saturated rings. The molecule has 0 radical (unpaired) electrons. The number of hydrogen-bond donors (Lipinski definition) is 0. The molecule has 4 heteroatoms. The van der Waals surface area contributed by atoms with Gasteiger partial charge < -0.3 is 4.90 Å². The molecule has 0 heterocycles. The van der Waals surface area contributed by atoms with Crippen molar-refractivity contribution in [2.24, 2.45) is 0 Å². The summed E-state index contributed by atoms with van der Waals surface area (Å²) >= 11 is 7.59. The molecule has 1 aromatic rings. The molecule has 0 aliphatic rings. The van der Waals surface area contributed by atoms with E-state index in [9.17, 15) is 4.79 Å². The fourth-order valence-corrected chi connectivity index (χ4v) is 1.78. The van der Waals surface area contributed by atoms with Crippen LogP contribution in [0.15, 0.2) is 23.1 Å². The van der Waals surface area contributed by atoms with Crippen LogP contribution in [0, 0.1) is 0 Å². The highest BCUT2D eigenvalue weighted by atomic mass is 35.5. The molecule has 0 aliphatic carbocycles. The standard InChI is InChI=1S/C11H14ClNOS/c1-4-13(2)11(14)9-7-8(15-3)5-6-10(9)12/h5-7H,4H2,1-3H3. The van der Waals surface area contributed by atoms with Crippen molar-refractivity contribution in [1.29, 1.82) is 0 Å². The van der Waals surface area contributed by atoms with E-state index in [1.807, 2.05) is 25.3 Å². The van der Waals surface area contributed by atoms with Gasteiger partial charge in [-0.25, -0.2) is 0 Å². The largest absolute Gasteiger partial charge is 0.342 e. The zero-order valence-corrected chi connectivity index (χ0v) is 10.7. The van der Waals surface area contributed by atoms with Crippen LogP contribution in [0.4, 0.5) is 0 Å². The predicted molar refractivity (Wildman–Crippen MR) is 65.9 cm³/mol. The van der Waals surface area contributed by atoms with E-state index < -0.39 is 0 Å². The van der Waals surface area contributed by atoms with Crippen molar-refractivity contribution in [2.45, 2.75) is 11.8 Å². The van der Waals surface area contributed by atoms with E-state index in [4.69, 9.17) is 11.6 Å². The second kappa shape index (κ2) is 5.42. The SMILES string of the molecule is CCN(C)C(=O)c1cc(SC)ccc1Cl. The van der Waals surface area contributed by atoms with E-state index in [0.29, 0.717) is 17.1 Å². The van der Waals surface area contributed by atoms with Crippen LogP contribution in [0.25, 0.3) is 0 Å². The van der Waals surface area contributed by atoms with Crippen molar-refractivity contribution in [3.05, 3.63) is 28.8 Å². The molecular weight excluding hydrogens is 230 g/mol. The van der Waals surface area contributed by atoms with Crippen LogP contribution in [0.2, 0.25) is 5.02 Å². The molecule has 0 aliphatic heterocycles. The molecule has 1 amide bonds. The summed E-state index contributed by atoms with van der Waals surface area (Å²) in [5.41, 5.74) is 0.577. The van der Waals surface area contributed by atoms with Crippen molar-refractivity contribution in [2.75, 3.05) is 19.8 Å². The average Bonchev–Trinajstić information content (AvgIpc) is 2.27. The number of carbonyl (C=O) groups is 1. The molecule has 0 spiro atoms. The predicted octanol–water partition coefficient (Wildman–Crippen LogP) is 3.15. The smallest absolute Gasteiger partial charge is 0.255 e. The van der Waals surface area contributed by atoms with Crippen LogP contribution in [0.3, 0.4) is 0 Å². The monoisotopic (exact) mass is 243 g/mol. The summed E-state index contributed by atoms with van der Waals surface area (Å²) in [4.78, 5) is 14.6. The fraction of sp³-hybridized carbons (Fsp3) is 0.364. The van der Waals surface area contributed by atoms with Gasteiger partial charge in [0.25, 0.3) is 5.91 Å². The average molecular weight is 244 g/mol. The van der Waals surface area contributed by atoms with E-state index in [1.54, 1.807) is 29.8 Å². The van der Waals surface area contributed by atoms with Crippen LogP contribution in [0.1, 0.15) is 17.3 Å². The lowest BCUT2D eigenvalue weighted by Crippen LogP contribution is -2.26. The number of hydrogen-bond acceptors (Lipinski definition) is 2. The van der Waals surface area contributed by atoms with Crippen molar-refractivity contribution in [3.63, 3.8) is 0 Å². The Balaban J connectivity index is 3.07. The Morgan fingerprint density at radius 1 is 1.53 bits per heavy atom. The maximum atomic E-state index is 11.9. The number of rotatable bonds is 3. The lowest BCUT2D eigenvalue weighted by Gasteiger charge is -2.15. The highest BCUT2D eigenvalue weighted by Crippen LogP contribution is 2.23. The summed E-state index contributed by atoms with van der Waals surface area (Å²) in [6.07, 6.45) is 1.97. The van der Waals surface area contributed by atoms with Crippen molar-refractivity contribution in [3.8, 4) is 0 Å². The summed E-state index contributed by atoms with van der Waals surface area (Å²) in [7, 11) is 1.77. The second-order valence-corrected chi connectivity index (χ2v) is 4.45. The Bertz CT molecular complexity index is 368. The summed E-state index contributed by atoms with van der Waals surface area (Å²) < 4.78 is 0. The van der Waals surface area contributed by atoms with Gasteiger partial charge in [-0.1, -0.05) is 11.6 Å². The molecule has 15 heavy (non-hydrogen) atoms. The molecule has 0 aromatic heterocycles. The minimum Gasteiger partial charge on any atom is -0.342 e. The Hall–Kier alpha value is -0.670. The first-order valence-electron chi connectivity index (χ1n) is 4.69. The third-order valence-corrected chi connectivity index (χ3v) is 3.28. The highest BCUT2D eigenvalue weighted by Gasteiger charge is 2.14. The second-order valence-electron chi connectivity index (χ2n) is 3.17. The lowest BCUT2D eigenvalue weighted by molar-refractivity contribution is 0.0802. The van der Waals surface area contributed by atoms with Gasteiger partial charge in [-0.15, -0.1) is 11.8 Å². The first-order valence-corrected chi connectivity index (χ1v) is 6.29. The van der Waals surface area contributed by atoms with Gasteiger partial charge in [0, 0.05) is 18.5 Å². The highest BCUT2D eigenvalue weighted by molar-refractivity contribution is 7.98. The zero-order chi connectivity index (χ0) is 11.4. The van der Waals surface area contributed by atoms with E-state index in [-0.39, 0.29) is 5.91 Å². The number of amides is 1. The van der Waals surface area contributed by atoms with Gasteiger partial charge >= 0.3 is 0 Å². The summed E-state index contributed by atoms with van der Waals surface area (Å²) in [5.74, 6) is -0.0293. The molecule has 1 aromatic carbocycles. The minimum absolute atomic E-state index is 0.0293. The zero-order valence-electron chi connectivity index (χ0n) is 9.08. The van der Waals surface area contributed by atoms with Crippen LogP contribution in [-0.4, -0.2) is 30.7 Å². The summed E-state index contributed by atoms with van der Waals surface area (Å²) in [6.45, 7) is 2.61. The fourth-order valence-electron chi connectivity index (χ4n) is 1.14. The Kier molecular flexibility index (Phi) is 4.48. The quantitative estimate of drug-likeness (QED) is 0.761. The molecule has 0 bridgehead atoms. The van der Waals surface area contributed by atoms with Gasteiger partial charge in [0.2, 0.25) is 0 Å². The number of carbonyl (C=O) groups excluding carboxylic acids is 1. The van der Waals surface area contributed by atoms with E-state index in [1.165, 1.54) is 0 Å². The molecular formula is C11H14ClNOS. The lowest BCUT2D eigenvalue weighted by atomic mass is 10.2. The van der Waals surface area contributed by atoms with Gasteiger partial charge in [0.15, 0.2) is 0 Å². The van der Waals surface area contributed by atoms with Crippen LogP contribution in [0.5, 0.6) is 0 Å². The van der Waals surface area contributed by atoms with Crippen molar-refractivity contribution >= 4 is 29.3 Å². The van der Waals surface area contributed by atoms with E-state index >= 15 is 0 Å². The molecule has 0 N–H and O–H groups in total. The third kappa shape index (κ3) is 2.89. The molecule has 0 atom stereocenters. The first-order chi connectivity index (χ1) is 7.10. The normalized spacial score (nSPS) is 10.1. The molecule has 0 saturated heterocycles. The molecule has 0 saturated carbocycles. The van der Waals surface area contributed by atoms with E-state index in [2.05, 4.69) is 0 Å². The van der Waals surface area contributed by atoms with Gasteiger partial charge in [0.1, 0.15) is 0 Å².